The number of nitrogens with zero attached hydrogens (tertiary/aromatic N) is 4. The molecule has 1 saturated heterocycles. The zero-order valence-electron chi connectivity index (χ0n) is 16.2. The van der Waals surface area contributed by atoms with Gasteiger partial charge in [-0.25, -0.2) is 0 Å². The number of rotatable bonds is 3. The average molecular weight is 403 g/mol. The Morgan fingerprint density at radius 2 is 1.69 bits per heavy atom. The maximum atomic E-state index is 12.4. The highest BCUT2D eigenvalue weighted by Crippen LogP contribution is 2.29. The smallest absolute Gasteiger partial charge is 0.255 e. The average Bonchev–Trinajstić information content (AvgIpc) is 3.33. The summed E-state index contributed by atoms with van der Waals surface area (Å²) >= 11 is 1.57. The molecular formula is C23H22N4OS. The minimum atomic E-state index is 0.0963. The minimum Gasteiger partial charge on any atom is -0.353 e. The molecule has 0 bridgehead atoms. The number of amides is 1. The topological polar surface area (TPSA) is 39.7 Å². The molecule has 3 heterocycles. The predicted octanol–water partition coefficient (Wildman–Crippen LogP) is 3.08. The maximum absolute atomic E-state index is 12.4. The lowest BCUT2D eigenvalue weighted by molar-refractivity contribution is 0.0799. The lowest BCUT2D eigenvalue weighted by atomic mass is 10.1. The van der Waals surface area contributed by atoms with Crippen LogP contribution in [0.15, 0.2) is 48.5 Å². The fourth-order valence-electron chi connectivity index (χ4n) is 3.98. The third kappa shape index (κ3) is 3.59. The van der Waals surface area contributed by atoms with Crippen LogP contribution in [0.25, 0.3) is 10.1 Å². The molecule has 0 unspecified atom stereocenters. The highest BCUT2D eigenvalue weighted by atomic mass is 32.1. The fourth-order valence-corrected chi connectivity index (χ4v) is 4.78. The molecule has 1 fully saturated rings. The van der Waals surface area contributed by atoms with Gasteiger partial charge in [0.2, 0.25) is 0 Å². The number of carbonyl (C=O) groups is 1. The summed E-state index contributed by atoms with van der Waals surface area (Å²) in [7, 11) is 0. The molecule has 5 nitrogen and oxygen atoms in total. The van der Waals surface area contributed by atoms with Crippen molar-refractivity contribution in [3.8, 4) is 11.8 Å². The van der Waals surface area contributed by atoms with Gasteiger partial charge in [0.05, 0.1) is 17.8 Å². The zero-order valence-corrected chi connectivity index (χ0v) is 17.0. The largest absolute Gasteiger partial charge is 0.353 e. The van der Waals surface area contributed by atoms with Gasteiger partial charge in [-0.15, -0.1) is 0 Å². The van der Waals surface area contributed by atoms with Gasteiger partial charge in [0.25, 0.3) is 5.91 Å². The van der Waals surface area contributed by atoms with E-state index in [1.807, 2.05) is 29.2 Å². The fraction of sp³-hybridized carbons (Fsp3) is 0.304. The third-order valence-corrected chi connectivity index (χ3v) is 6.44. The quantitative estimate of drug-likeness (QED) is 0.632. The molecule has 2 aliphatic heterocycles. The molecule has 0 N–H and O–H groups in total. The summed E-state index contributed by atoms with van der Waals surface area (Å²) in [4.78, 5) is 18.9. The molecule has 0 saturated carbocycles. The van der Waals surface area contributed by atoms with Gasteiger partial charge in [0.1, 0.15) is 5.82 Å². The minimum absolute atomic E-state index is 0.0963. The molecule has 0 aliphatic carbocycles. The number of hydrogen-bond donors (Lipinski definition) is 0. The van der Waals surface area contributed by atoms with Crippen molar-refractivity contribution < 1.29 is 4.79 Å². The van der Waals surface area contributed by atoms with Crippen LogP contribution in [0.3, 0.4) is 0 Å². The van der Waals surface area contributed by atoms with Gasteiger partial charge in [0, 0.05) is 43.7 Å². The van der Waals surface area contributed by atoms with Crippen LogP contribution in [0.4, 0.5) is 5.82 Å². The van der Waals surface area contributed by atoms with Gasteiger partial charge < -0.3 is 9.80 Å². The van der Waals surface area contributed by atoms with E-state index in [4.69, 9.17) is 0 Å². The maximum Gasteiger partial charge on any atom is 0.255 e. The van der Waals surface area contributed by atoms with Crippen molar-refractivity contribution in [3.05, 3.63) is 59.7 Å². The molecule has 0 radical (unpaired) electrons. The number of carbonyl (C=O) groups excluding carboxylic acids is 1. The second-order valence-electron chi connectivity index (χ2n) is 7.44. The molecule has 1 amide bonds. The van der Waals surface area contributed by atoms with Gasteiger partial charge in [-0.3, -0.25) is 9.69 Å². The monoisotopic (exact) mass is 402 g/mol. The molecule has 146 valence electrons. The highest BCUT2D eigenvalue weighted by Gasteiger charge is 2.25. The molecule has 6 heteroatoms. The number of benzene rings is 2. The highest BCUT2D eigenvalue weighted by molar-refractivity contribution is 7.13. The number of piperazine rings is 1. The molecule has 0 spiro atoms. The van der Waals surface area contributed by atoms with Crippen molar-refractivity contribution >= 4 is 33.3 Å². The third-order valence-electron chi connectivity index (χ3n) is 5.62. The summed E-state index contributed by atoms with van der Waals surface area (Å²) < 4.78 is 5.92. The standard InChI is InChI=1S/C23H22N4OS/c28-23-19-8-2-1-7-18(19)17-27(23)12-6-5-11-25-13-15-26(16-14-25)22-20-9-3-4-10-21(20)29-24-22/h1-4,7-10H,11-17H2. The van der Waals surface area contributed by atoms with Gasteiger partial charge in [-0.2, -0.15) is 4.37 Å². The van der Waals surface area contributed by atoms with Crippen LogP contribution in [-0.4, -0.2) is 59.3 Å². The SMILES string of the molecule is O=C1c2ccccc2CN1CC#CCN1CCN(c2nsc3ccccc23)CC1. The Labute approximate surface area is 174 Å². The first-order valence-corrected chi connectivity index (χ1v) is 10.7. The molecule has 5 rings (SSSR count). The number of anilines is 1. The Bertz CT molecular complexity index is 1100. The number of aromatic nitrogens is 1. The van der Waals surface area contributed by atoms with Crippen molar-refractivity contribution in [1.29, 1.82) is 0 Å². The second kappa shape index (κ2) is 7.86. The Balaban J connectivity index is 1.12. The number of hydrogen-bond acceptors (Lipinski definition) is 5. The molecule has 29 heavy (non-hydrogen) atoms. The van der Waals surface area contributed by atoms with Crippen molar-refractivity contribution in [2.24, 2.45) is 0 Å². The van der Waals surface area contributed by atoms with Crippen LogP contribution in [0.2, 0.25) is 0 Å². The van der Waals surface area contributed by atoms with Crippen LogP contribution in [-0.2, 0) is 6.54 Å². The van der Waals surface area contributed by atoms with E-state index in [0.717, 1.165) is 49.7 Å². The van der Waals surface area contributed by atoms with E-state index in [9.17, 15) is 4.79 Å². The Hall–Kier alpha value is -2.88. The van der Waals surface area contributed by atoms with Crippen molar-refractivity contribution in [2.75, 3.05) is 44.2 Å². The molecule has 2 aliphatic rings. The van der Waals surface area contributed by atoms with Crippen molar-refractivity contribution in [1.82, 2.24) is 14.2 Å². The van der Waals surface area contributed by atoms with E-state index in [-0.39, 0.29) is 5.91 Å². The van der Waals surface area contributed by atoms with Gasteiger partial charge >= 0.3 is 0 Å². The van der Waals surface area contributed by atoms with Crippen LogP contribution < -0.4 is 4.90 Å². The van der Waals surface area contributed by atoms with Crippen LogP contribution in [0, 0.1) is 11.8 Å². The summed E-state index contributed by atoms with van der Waals surface area (Å²) in [5, 5.41) is 1.25. The van der Waals surface area contributed by atoms with Gasteiger partial charge in [-0.05, 0) is 35.3 Å². The second-order valence-corrected chi connectivity index (χ2v) is 8.24. The normalized spacial score (nSPS) is 16.8. The molecular weight excluding hydrogens is 380 g/mol. The lowest BCUT2D eigenvalue weighted by Crippen LogP contribution is -2.46. The van der Waals surface area contributed by atoms with Crippen molar-refractivity contribution in [3.63, 3.8) is 0 Å². The lowest BCUT2D eigenvalue weighted by Gasteiger charge is -2.34. The first kappa shape index (κ1) is 18.2. The van der Waals surface area contributed by atoms with Crippen LogP contribution in [0.5, 0.6) is 0 Å². The van der Waals surface area contributed by atoms with Crippen LogP contribution in [0.1, 0.15) is 15.9 Å². The van der Waals surface area contributed by atoms with E-state index in [0.29, 0.717) is 13.1 Å². The predicted molar refractivity (Wildman–Crippen MR) is 117 cm³/mol. The zero-order chi connectivity index (χ0) is 19.6. The molecule has 0 atom stereocenters. The van der Waals surface area contributed by atoms with E-state index in [1.54, 1.807) is 11.5 Å². The summed E-state index contributed by atoms with van der Waals surface area (Å²) in [5.74, 6) is 7.66. The Kier molecular flexibility index (Phi) is 4.92. The van der Waals surface area contributed by atoms with E-state index in [1.165, 1.54) is 10.1 Å². The van der Waals surface area contributed by atoms with Gasteiger partial charge in [0.15, 0.2) is 0 Å². The Morgan fingerprint density at radius 3 is 2.55 bits per heavy atom. The summed E-state index contributed by atoms with van der Waals surface area (Å²) in [6.45, 7) is 5.82. The molecule has 2 aromatic carbocycles. The summed E-state index contributed by atoms with van der Waals surface area (Å²) in [6, 6.07) is 16.2. The first-order chi connectivity index (χ1) is 14.3. The number of fused-ring (bicyclic) bond motifs is 2. The summed E-state index contributed by atoms with van der Waals surface area (Å²) in [6.07, 6.45) is 0. The Morgan fingerprint density at radius 1 is 0.931 bits per heavy atom. The van der Waals surface area contributed by atoms with E-state index < -0.39 is 0 Å². The summed E-state index contributed by atoms with van der Waals surface area (Å²) in [5.41, 5.74) is 1.92. The first-order valence-electron chi connectivity index (χ1n) is 9.94. The van der Waals surface area contributed by atoms with E-state index >= 15 is 0 Å². The van der Waals surface area contributed by atoms with Crippen molar-refractivity contribution in [2.45, 2.75) is 6.54 Å². The van der Waals surface area contributed by atoms with Gasteiger partial charge in [-0.1, -0.05) is 42.2 Å². The molecule has 1 aromatic heterocycles. The van der Waals surface area contributed by atoms with E-state index in [2.05, 4.69) is 50.3 Å². The van der Waals surface area contributed by atoms with Crippen LogP contribution >= 0.6 is 11.5 Å². The molecule has 3 aromatic rings.